The summed E-state index contributed by atoms with van der Waals surface area (Å²) in [5, 5.41) is 0.572. The van der Waals surface area contributed by atoms with E-state index in [9.17, 15) is 18.0 Å². The third kappa shape index (κ3) is 3.88. The van der Waals surface area contributed by atoms with Gasteiger partial charge in [-0.05, 0) is 52.9 Å². The van der Waals surface area contributed by atoms with Crippen LogP contribution in [0.15, 0.2) is 58.6 Å². The number of fused-ring (bicyclic) bond motifs is 1. The molecule has 1 aliphatic rings. The Hall–Kier alpha value is -1.85. The van der Waals surface area contributed by atoms with Crippen LogP contribution in [0.3, 0.4) is 0 Å². The number of carbonyl (C=O) groups excluding carboxylic acids is 1. The summed E-state index contributed by atoms with van der Waals surface area (Å²) in [5.74, 6) is -1.82. The lowest BCUT2D eigenvalue weighted by Gasteiger charge is -2.09. The van der Waals surface area contributed by atoms with Gasteiger partial charge in [0.05, 0.1) is 0 Å². The molecular weight excluding hydrogens is 417 g/mol. The number of benzene rings is 2. The number of rotatable bonds is 3. The van der Waals surface area contributed by atoms with E-state index in [2.05, 4.69) is 15.9 Å². The molecule has 2 aromatic rings. The normalized spacial score (nSPS) is 14.3. The molecule has 0 fully saturated rings. The monoisotopic (exact) mass is 426 g/mol. The second kappa shape index (κ2) is 6.81. The first-order chi connectivity index (χ1) is 11.8. The lowest BCUT2D eigenvalue weighted by Crippen LogP contribution is -2.24. The molecule has 6 heteroatoms. The van der Waals surface area contributed by atoms with E-state index in [-0.39, 0.29) is 12.0 Å². The first kappa shape index (κ1) is 18.0. The van der Waals surface area contributed by atoms with Crippen LogP contribution in [0.2, 0.25) is 5.02 Å². The molecule has 0 bridgehead atoms. The van der Waals surface area contributed by atoms with Crippen molar-refractivity contribution in [2.45, 2.75) is 12.6 Å². The molecule has 2 aromatic carbocycles. The van der Waals surface area contributed by atoms with Crippen molar-refractivity contribution in [2.75, 3.05) is 0 Å². The van der Waals surface area contributed by atoms with Crippen LogP contribution >= 0.6 is 27.5 Å². The van der Waals surface area contributed by atoms with E-state index in [4.69, 9.17) is 11.6 Å². The molecule has 0 saturated heterocycles. The number of allylic oxidation sites excluding steroid dienone is 3. The summed E-state index contributed by atoms with van der Waals surface area (Å²) in [7, 11) is 0. The summed E-state index contributed by atoms with van der Waals surface area (Å²) in [6.45, 7) is 0. The summed E-state index contributed by atoms with van der Waals surface area (Å²) < 4.78 is 39.8. The number of ketones is 1. The van der Waals surface area contributed by atoms with Crippen LogP contribution in [0, 0.1) is 0 Å². The van der Waals surface area contributed by atoms with Crippen LogP contribution < -0.4 is 0 Å². The molecule has 0 aromatic heterocycles. The molecule has 1 nitrogen and oxygen atoms in total. The Balaban J connectivity index is 2.04. The van der Waals surface area contributed by atoms with Crippen LogP contribution in [-0.2, 0) is 11.2 Å². The lowest BCUT2D eigenvalue weighted by atomic mass is 10.0. The van der Waals surface area contributed by atoms with Crippen molar-refractivity contribution >= 4 is 45.0 Å². The van der Waals surface area contributed by atoms with Crippen LogP contribution in [0.25, 0.3) is 11.6 Å². The first-order valence-electron chi connectivity index (χ1n) is 7.33. The third-order valence-corrected chi connectivity index (χ3v) is 4.62. The molecular formula is C19H11BrClF3O. The average Bonchev–Trinajstić information content (AvgIpc) is 2.89. The molecule has 0 heterocycles. The van der Waals surface area contributed by atoms with Gasteiger partial charge in [-0.25, -0.2) is 0 Å². The van der Waals surface area contributed by atoms with E-state index >= 15 is 0 Å². The zero-order valence-corrected chi connectivity index (χ0v) is 15.0. The van der Waals surface area contributed by atoms with Gasteiger partial charge in [0.25, 0.3) is 5.78 Å². The van der Waals surface area contributed by atoms with E-state index in [1.807, 2.05) is 0 Å². The highest BCUT2D eigenvalue weighted by molar-refractivity contribution is 9.10. The van der Waals surface area contributed by atoms with Gasteiger partial charge in [0, 0.05) is 15.1 Å². The smallest absolute Gasteiger partial charge is 0.284 e. The van der Waals surface area contributed by atoms with Crippen molar-refractivity contribution in [3.63, 3.8) is 0 Å². The highest BCUT2D eigenvalue weighted by Crippen LogP contribution is 2.39. The molecule has 0 radical (unpaired) electrons. The van der Waals surface area contributed by atoms with Gasteiger partial charge in [0.2, 0.25) is 0 Å². The highest BCUT2D eigenvalue weighted by Gasteiger charge is 2.43. The summed E-state index contributed by atoms with van der Waals surface area (Å²) in [4.78, 5) is 11.9. The fourth-order valence-corrected chi connectivity index (χ4v) is 3.28. The van der Waals surface area contributed by atoms with Crippen molar-refractivity contribution in [1.82, 2.24) is 0 Å². The number of halogens is 5. The van der Waals surface area contributed by atoms with Crippen molar-refractivity contribution in [1.29, 1.82) is 0 Å². The maximum absolute atomic E-state index is 13.0. The van der Waals surface area contributed by atoms with Crippen molar-refractivity contribution < 1.29 is 18.0 Å². The summed E-state index contributed by atoms with van der Waals surface area (Å²) in [6.07, 6.45) is -1.40. The van der Waals surface area contributed by atoms with Crippen LogP contribution in [-0.4, -0.2) is 12.0 Å². The molecule has 25 heavy (non-hydrogen) atoms. The van der Waals surface area contributed by atoms with Gasteiger partial charge in [-0.2, -0.15) is 13.2 Å². The van der Waals surface area contributed by atoms with E-state index in [0.717, 1.165) is 10.0 Å². The topological polar surface area (TPSA) is 17.1 Å². The number of hydrogen-bond donors (Lipinski definition) is 0. The Labute approximate surface area is 155 Å². The van der Waals surface area contributed by atoms with Gasteiger partial charge in [-0.1, -0.05) is 57.9 Å². The predicted octanol–water partition coefficient (Wildman–Crippen LogP) is 6.26. The first-order valence-corrected chi connectivity index (χ1v) is 8.50. The summed E-state index contributed by atoms with van der Waals surface area (Å²) >= 11 is 9.13. The van der Waals surface area contributed by atoms with Gasteiger partial charge in [0.15, 0.2) is 0 Å². The van der Waals surface area contributed by atoms with E-state index in [1.165, 1.54) is 0 Å². The molecule has 1 aliphatic carbocycles. The molecule has 128 valence electrons. The molecule has 0 spiro atoms. The summed E-state index contributed by atoms with van der Waals surface area (Å²) in [5.41, 5.74) is 1.89. The number of alkyl halides is 3. The SMILES string of the molecule is O=C(C1=C(/C=C/c2ccc(Cl)cc2)Cc2cc(Br)ccc21)C(F)(F)F. The highest BCUT2D eigenvalue weighted by atomic mass is 79.9. The Kier molecular flexibility index (Phi) is 4.89. The molecule has 0 unspecified atom stereocenters. The second-order valence-electron chi connectivity index (χ2n) is 5.59. The Bertz CT molecular complexity index is 896. The zero-order chi connectivity index (χ0) is 18.2. The van der Waals surface area contributed by atoms with Gasteiger partial charge in [0.1, 0.15) is 0 Å². The average molecular weight is 428 g/mol. The van der Waals surface area contributed by atoms with Crippen LogP contribution in [0.4, 0.5) is 13.2 Å². The maximum atomic E-state index is 13.0. The maximum Gasteiger partial charge on any atom is 0.454 e. The Morgan fingerprint density at radius 1 is 1.08 bits per heavy atom. The lowest BCUT2D eigenvalue weighted by molar-refractivity contribution is -0.164. The minimum Gasteiger partial charge on any atom is -0.284 e. The van der Waals surface area contributed by atoms with Gasteiger partial charge in [-0.15, -0.1) is 0 Å². The Morgan fingerprint density at radius 3 is 2.40 bits per heavy atom. The minimum atomic E-state index is -4.91. The van der Waals surface area contributed by atoms with E-state index in [1.54, 1.807) is 54.6 Å². The number of carbonyl (C=O) groups is 1. The van der Waals surface area contributed by atoms with E-state index < -0.39 is 12.0 Å². The summed E-state index contributed by atoms with van der Waals surface area (Å²) in [6, 6.07) is 11.8. The standard InChI is InChI=1S/C19H11BrClF3O/c20-14-5-8-16-13(10-14)9-12(17(16)18(25)19(22,23)24)4-1-11-2-6-15(21)7-3-11/h1-8,10H,9H2/b4-1+. The van der Waals surface area contributed by atoms with Crippen molar-refractivity contribution in [3.8, 4) is 0 Å². The molecule has 0 N–H and O–H groups in total. The van der Waals surface area contributed by atoms with Crippen LogP contribution in [0.5, 0.6) is 0 Å². The van der Waals surface area contributed by atoms with Crippen molar-refractivity contribution in [2.24, 2.45) is 0 Å². The number of Topliss-reactive ketones (excluding diaryl/α,β-unsaturated/α-hetero) is 1. The molecule has 0 saturated carbocycles. The van der Waals surface area contributed by atoms with Crippen molar-refractivity contribution in [3.05, 3.63) is 80.3 Å². The molecule has 0 aliphatic heterocycles. The largest absolute Gasteiger partial charge is 0.454 e. The van der Waals surface area contributed by atoms with Gasteiger partial charge in [-0.3, -0.25) is 4.79 Å². The van der Waals surface area contributed by atoms with Gasteiger partial charge >= 0.3 is 6.18 Å². The zero-order valence-electron chi connectivity index (χ0n) is 12.7. The third-order valence-electron chi connectivity index (χ3n) is 3.87. The molecule has 0 amide bonds. The van der Waals surface area contributed by atoms with E-state index in [0.29, 0.717) is 21.7 Å². The number of hydrogen-bond acceptors (Lipinski definition) is 1. The Morgan fingerprint density at radius 2 is 1.76 bits per heavy atom. The van der Waals surface area contributed by atoms with Crippen LogP contribution in [0.1, 0.15) is 16.7 Å². The predicted molar refractivity (Wildman–Crippen MR) is 96.3 cm³/mol. The molecule has 3 rings (SSSR count). The fraction of sp³-hybridized carbons (Fsp3) is 0.105. The molecule has 0 atom stereocenters. The van der Waals surface area contributed by atoms with Gasteiger partial charge < -0.3 is 0 Å². The fourth-order valence-electron chi connectivity index (χ4n) is 2.74. The quantitative estimate of drug-likeness (QED) is 0.565. The minimum absolute atomic E-state index is 0.274. The second-order valence-corrected chi connectivity index (χ2v) is 6.94.